The van der Waals surface area contributed by atoms with Crippen molar-refractivity contribution in [3.63, 3.8) is 0 Å². The van der Waals surface area contributed by atoms with Crippen LogP contribution in [0.1, 0.15) is 30.0 Å². The summed E-state index contributed by atoms with van der Waals surface area (Å²) in [6.07, 6.45) is 0. The van der Waals surface area contributed by atoms with Crippen LogP contribution >= 0.6 is 0 Å². The Morgan fingerprint density at radius 3 is 2.37 bits per heavy atom. The standard InChI is InChI=1S/C14H17NO3S/c1-10-6-4-5-7-14(10)19(16,17)15-12(3)13-9-8-11(2)18-13/h4-9,12,15H,1-3H3. The lowest BCUT2D eigenvalue weighted by Gasteiger charge is -2.13. The zero-order valence-corrected chi connectivity index (χ0v) is 12.0. The van der Waals surface area contributed by atoms with Gasteiger partial charge in [-0.1, -0.05) is 18.2 Å². The van der Waals surface area contributed by atoms with Gasteiger partial charge < -0.3 is 4.42 Å². The van der Waals surface area contributed by atoms with E-state index in [9.17, 15) is 8.42 Å². The zero-order valence-electron chi connectivity index (χ0n) is 11.2. The minimum atomic E-state index is -3.54. The van der Waals surface area contributed by atoms with E-state index >= 15 is 0 Å². The average molecular weight is 279 g/mol. The molecule has 0 saturated carbocycles. The third kappa shape index (κ3) is 3.05. The molecule has 1 atom stereocenters. The molecule has 5 heteroatoms. The Hall–Kier alpha value is -1.59. The Labute approximate surface area is 113 Å². The summed E-state index contributed by atoms with van der Waals surface area (Å²) in [5.74, 6) is 1.37. The minimum Gasteiger partial charge on any atom is -0.465 e. The second-order valence-electron chi connectivity index (χ2n) is 4.56. The smallest absolute Gasteiger partial charge is 0.241 e. The van der Waals surface area contributed by atoms with Crippen molar-refractivity contribution in [2.45, 2.75) is 31.7 Å². The van der Waals surface area contributed by atoms with Gasteiger partial charge in [-0.15, -0.1) is 0 Å². The third-order valence-corrected chi connectivity index (χ3v) is 4.60. The van der Waals surface area contributed by atoms with Gasteiger partial charge in [0.05, 0.1) is 10.9 Å². The van der Waals surface area contributed by atoms with Crippen LogP contribution in [0.3, 0.4) is 0 Å². The molecule has 0 aliphatic carbocycles. The number of aryl methyl sites for hydroxylation is 2. The van der Waals surface area contributed by atoms with Crippen molar-refractivity contribution in [3.8, 4) is 0 Å². The van der Waals surface area contributed by atoms with E-state index in [-0.39, 0.29) is 0 Å². The lowest BCUT2D eigenvalue weighted by molar-refractivity contribution is 0.441. The monoisotopic (exact) mass is 279 g/mol. The molecule has 0 spiro atoms. The first-order chi connectivity index (χ1) is 8.90. The van der Waals surface area contributed by atoms with Crippen molar-refractivity contribution >= 4 is 10.0 Å². The Bertz CT molecular complexity index is 674. The van der Waals surface area contributed by atoms with Gasteiger partial charge in [0.15, 0.2) is 0 Å². The lowest BCUT2D eigenvalue weighted by Crippen LogP contribution is -2.27. The van der Waals surface area contributed by atoms with Gasteiger partial charge in [0.1, 0.15) is 11.5 Å². The highest BCUT2D eigenvalue weighted by Crippen LogP contribution is 2.20. The molecule has 1 aromatic carbocycles. The van der Waals surface area contributed by atoms with Gasteiger partial charge in [-0.25, -0.2) is 13.1 Å². The Kier molecular flexibility index (Phi) is 3.78. The maximum atomic E-state index is 12.3. The first kappa shape index (κ1) is 13.8. The van der Waals surface area contributed by atoms with Crippen LogP contribution < -0.4 is 4.72 Å². The molecular formula is C14H17NO3S. The molecular weight excluding hydrogens is 262 g/mol. The fourth-order valence-corrected chi connectivity index (χ4v) is 3.36. The van der Waals surface area contributed by atoms with Gasteiger partial charge in [0.25, 0.3) is 0 Å². The van der Waals surface area contributed by atoms with Crippen molar-refractivity contribution in [2.24, 2.45) is 0 Å². The summed E-state index contributed by atoms with van der Waals surface area (Å²) in [5.41, 5.74) is 0.720. The van der Waals surface area contributed by atoms with Crippen molar-refractivity contribution < 1.29 is 12.8 Å². The first-order valence-electron chi connectivity index (χ1n) is 6.04. The Balaban J connectivity index is 2.25. The number of sulfonamides is 1. The van der Waals surface area contributed by atoms with Crippen LogP contribution in [0.4, 0.5) is 0 Å². The molecule has 0 fully saturated rings. The van der Waals surface area contributed by atoms with Crippen LogP contribution in [0.15, 0.2) is 45.7 Å². The van der Waals surface area contributed by atoms with Crippen molar-refractivity contribution in [1.82, 2.24) is 4.72 Å². The summed E-state index contributed by atoms with van der Waals surface area (Å²) >= 11 is 0. The maximum absolute atomic E-state index is 12.3. The largest absolute Gasteiger partial charge is 0.465 e. The molecule has 0 bridgehead atoms. The summed E-state index contributed by atoms with van der Waals surface area (Å²) in [6, 6.07) is 10.1. The molecule has 0 aliphatic heterocycles. The van der Waals surface area contributed by atoms with Crippen LogP contribution in [-0.2, 0) is 10.0 Å². The van der Waals surface area contributed by atoms with Crippen LogP contribution in [0.2, 0.25) is 0 Å². The molecule has 1 aromatic heterocycles. The molecule has 1 heterocycles. The Morgan fingerprint density at radius 1 is 1.11 bits per heavy atom. The molecule has 4 nitrogen and oxygen atoms in total. The Morgan fingerprint density at radius 2 is 1.79 bits per heavy atom. The summed E-state index contributed by atoms with van der Waals surface area (Å²) in [6.45, 7) is 5.36. The van der Waals surface area contributed by atoms with E-state index in [2.05, 4.69) is 4.72 Å². The molecule has 102 valence electrons. The van der Waals surface area contributed by atoms with E-state index in [4.69, 9.17) is 4.42 Å². The van der Waals surface area contributed by atoms with Crippen LogP contribution in [-0.4, -0.2) is 8.42 Å². The number of rotatable bonds is 4. The summed E-state index contributed by atoms with van der Waals surface area (Å²) < 4.78 is 32.6. The van der Waals surface area contributed by atoms with Crippen molar-refractivity contribution in [2.75, 3.05) is 0 Å². The molecule has 1 N–H and O–H groups in total. The zero-order chi connectivity index (χ0) is 14.0. The van der Waals surface area contributed by atoms with E-state index in [1.54, 1.807) is 38.1 Å². The molecule has 0 amide bonds. The van der Waals surface area contributed by atoms with E-state index in [0.717, 1.165) is 11.3 Å². The predicted molar refractivity (Wildman–Crippen MR) is 73.4 cm³/mol. The summed E-state index contributed by atoms with van der Waals surface area (Å²) in [4.78, 5) is 0.296. The fourth-order valence-electron chi connectivity index (χ4n) is 1.90. The van der Waals surface area contributed by atoms with Crippen LogP contribution in [0, 0.1) is 13.8 Å². The lowest BCUT2D eigenvalue weighted by atomic mass is 10.2. The van der Waals surface area contributed by atoms with Crippen molar-refractivity contribution in [1.29, 1.82) is 0 Å². The van der Waals surface area contributed by atoms with Gasteiger partial charge in [0, 0.05) is 0 Å². The topological polar surface area (TPSA) is 59.3 Å². The van der Waals surface area contributed by atoms with E-state index in [1.165, 1.54) is 0 Å². The number of furan rings is 1. The number of nitrogens with one attached hydrogen (secondary N) is 1. The number of benzene rings is 1. The molecule has 2 rings (SSSR count). The molecule has 2 aromatic rings. The van der Waals surface area contributed by atoms with Gasteiger partial charge >= 0.3 is 0 Å². The highest BCUT2D eigenvalue weighted by atomic mass is 32.2. The third-order valence-electron chi connectivity index (χ3n) is 2.90. The maximum Gasteiger partial charge on any atom is 0.241 e. The van der Waals surface area contributed by atoms with E-state index in [0.29, 0.717) is 10.7 Å². The van der Waals surface area contributed by atoms with Gasteiger partial charge in [-0.3, -0.25) is 0 Å². The highest BCUT2D eigenvalue weighted by molar-refractivity contribution is 7.89. The van der Waals surface area contributed by atoms with Crippen LogP contribution in [0.25, 0.3) is 0 Å². The van der Waals surface area contributed by atoms with Crippen molar-refractivity contribution in [3.05, 3.63) is 53.5 Å². The molecule has 1 unspecified atom stereocenters. The predicted octanol–water partition coefficient (Wildman–Crippen LogP) is 2.94. The molecule has 0 saturated heterocycles. The fraction of sp³-hybridized carbons (Fsp3) is 0.286. The highest BCUT2D eigenvalue weighted by Gasteiger charge is 2.21. The first-order valence-corrected chi connectivity index (χ1v) is 7.53. The number of hydrogen-bond donors (Lipinski definition) is 1. The van der Waals surface area contributed by atoms with Crippen LogP contribution in [0.5, 0.6) is 0 Å². The van der Waals surface area contributed by atoms with E-state index in [1.807, 2.05) is 19.1 Å². The van der Waals surface area contributed by atoms with Gasteiger partial charge in [-0.2, -0.15) is 0 Å². The molecule has 0 radical (unpaired) electrons. The quantitative estimate of drug-likeness (QED) is 0.936. The average Bonchev–Trinajstić information content (AvgIpc) is 2.76. The minimum absolute atomic E-state index is 0.296. The van der Waals surface area contributed by atoms with E-state index < -0.39 is 16.1 Å². The summed E-state index contributed by atoms with van der Waals surface area (Å²) in [7, 11) is -3.54. The number of hydrogen-bond acceptors (Lipinski definition) is 3. The van der Waals surface area contributed by atoms with Gasteiger partial charge in [-0.05, 0) is 44.5 Å². The second-order valence-corrected chi connectivity index (χ2v) is 6.24. The summed E-state index contributed by atoms with van der Waals surface area (Å²) in [5, 5.41) is 0. The normalized spacial score (nSPS) is 13.4. The van der Waals surface area contributed by atoms with Gasteiger partial charge in [0.2, 0.25) is 10.0 Å². The molecule has 19 heavy (non-hydrogen) atoms. The SMILES string of the molecule is Cc1ccc(C(C)NS(=O)(=O)c2ccccc2C)o1. The second kappa shape index (κ2) is 5.19. The molecule has 0 aliphatic rings.